The van der Waals surface area contributed by atoms with Crippen molar-refractivity contribution in [3.8, 4) is 0 Å². The summed E-state index contributed by atoms with van der Waals surface area (Å²) in [7, 11) is 0. The van der Waals surface area contributed by atoms with Gasteiger partial charge in [-0.1, -0.05) is 12.1 Å². The summed E-state index contributed by atoms with van der Waals surface area (Å²) in [5.41, 5.74) is 1.60. The maximum atomic E-state index is 13.2. The molecule has 1 N–H and O–H groups in total. The molecule has 106 valence electrons. The molecule has 0 unspecified atom stereocenters. The Morgan fingerprint density at radius 1 is 0.905 bits per heavy atom. The summed E-state index contributed by atoms with van der Waals surface area (Å²) in [6.07, 6.45) is 2.15. The standard InChI is InChI=1S/C16H13F2N3/c17-12-3-1-11(2-4-12)7-8-19-16-14-6-5-13(18)9-15(14)20-10-21-16/h1-6,9-10H,7-8H2,(H,19,20,21). The number of hydrogen-bond donors (Lipinski definition) is 1. The van der Waals surface area contributed by atoms with E-state index in [0.29, 0.717) is 17.9 Å². The first-order chi connectivity index (χ1) is 10.2. The molecule has 5 heteroatoms. The van der Waals surface area contributed by atoms with E-state index in [9.17, 15) is 8.78 Å². The van der Waals surface area contributed by atoms with E-state index in [0.717, 1.165) is 17.4 Å². The lowest BCUT2D eigenvalue weighted by atomic mass is 10.1. The van der Waals surface area contributed by atoms with E-state index in [2.05, 4.69) is 15.3 Å². The average molecular weight is 285 g/mol. The van der Waals surface area contributed by atoms with Crippen LogP contribution in [0.2, 0.25) is 0 Å². The van der Waals surface area contributed by atoms with Gasteiger partial charge in [0.1, 0.15) is 23.8 Å². The van der Waals surface area contributed by atoms with Gasteiger partial charge in [0.05, 0.1) is 5.52 Å². The van der Waals surface area contributed by atoms with Crippen molar-refractivity contribution in [2.24, 2.45) is 0 Å². The molecule has 21 heavy (non-hydrogen) atoms. The van der Waals surface area contributed by atoms with Crippen LogP contribution in [0.25, 0.3) is 10.9 Å². The van der Waals surface area contributed by atoms with Crippen LogP contribution >= 0.6 is 0 Å². The molecule has 3 rings (SSSR count). The highest BCUT2D eigenvalue weighted by Gasteiger charge is 2.04. The molecule has 1 heterocycles. The predicted molar refractivity (Wildman–Crippen MR) is 78.1 cm³/mol. The Morgan fingerprint density at radius 2 is 1.67 bits per heavy atom. The lowest BCUT2D eigenvalue weighted by molar-refractivity contribution is 0.627. The van der Waals surface area contributed by atoms with Crippen molar-refractivity contribution >= 4 is 16.7 Å². The van der Waals surface area contributed by atoms with Gasteiger partial charge in [0.2, 0.25) is 0 Å². The number of hydrogen-bond acceptors (Lipinski definition) is 3. The minimum atomic E-state index is -0.321. The van der Waals surface area contributed by atoms with Crippen LogP contribution in [0.5, 0.6) is 0 Å². The van der Waals surface area contributed by atoms with Crippen molar-refractivity contribution in [2.45, 2.75) is 6.42 Å². The Balaban J connectivity index is 1.72. The maximum absolute atomic E-state index is 13.2. The molecule has 0 aliphatic heterocycles. The fourth-order valence-electron chi connectivity index (χ4n) is 2.15. The Kier molecular flexibility index (Phi) is 3.73. The molecule has 1 aromatic heterocycles. The van der Waals surface area contributed by atoms with Gasteiger partial charge in [0, 0.05) is 18.0 Å². The number of benzene rings is 2. The minimum Gasteiger partial charge on any atom is -0.369 e. The third-order valence-corrected chi connectivity index (χ3v) is 3.22. The summed E-state index contributed by atoms with van der Waals surface area (Å²) in [4.78, 5) is 8.22. The van der Waals surface area contributed by atoms with Crippen LogP contribution in [0.3, 0.4) is 0 Å². The summed E-state index contributed by atoms with van der Waals surface area (Å²) < 4.78 is 26.0. The molecule has 0 aliphatic rings. The lowest BCUT2D eigenvalue weighted by Gasteiger charge is -2.08. The molecule has 3 aromatic rings. The SMILES string of the molecule is Fc1ccc(CCNc2ncnc3cc(F)ccc23)cc1. The van der Waals surface area contributed by atoms with Gasteiger partial charge in [-0.25, -0.2) is 18.7 Å². The predicted octanol–water partition coefficient (Wildman–Crippen LogP) is 3.56. The van der Waals surface area contributed by atoms with E-state index >= 15 is 0 Å². The Morgan fingerprint density at radius 3 is 2.48 bits per heavy atom. The van der Waals surface area contributed by atoms with Gasteiger partial charge in [-0.2, -0.15) is 0 Å². The topological polar surface area (TPSA) is 37.8 Å². The fourth-order valence-corrected chi connectivity index (χ4v) is 2.15. The normalized spacial score (nSPS) is 10.8. The van der Waals surface area contributed by atoms with Gasteiger partial charge in [-0.3, -0.25) is 0 Å². The Hall–Kier alpha value is -2.56. The molecule has 0 saturated carbocycles. The smallest absolute Gasteiger partial charge is 0.137 e. The summed E-state index contributed by atoms with van der Waals surface area (Å²) in [5.74, 6) is 0.108. The summed E-state index contributed by atoms with van der Waals surface area (Å²) >= 11 is 0. The van der Waals surface area contributed by atoms with E-state index in [4.69, 9.17) is 0 Å². The Bertz CT molecular complexity index is 757. The third-order valence-electron chi connectivity index (χ3n) is 3.22. The highest BCUT2D eigenvalue weighted by molar-refractivity contribution is 5.88. The number of anilines is 1. The number of fused-ring (bicyclic) bond motifs is 1. The first-order valence-electron chi connectivity index (χ1n) is 6.61. The molecule has 2 aromatic carbocycles. The summed E-state index contributed by atoms with van der Waals surface area (Å²) in [5, 5.41) is 3.98. The molecule has 0 aliphatic carbocycles. The van der Waals surface area contributed by atoms with E-state index in [1.165, 1.54) is 30.6 Å². The quantitative estimate of drug-likeness (QED) is 0.796. The van der Waals surface area contributed by atoms with Gasteiger partial charge in [-0.05, 0) is 36.2 Å². The van der Waals surface area contributed by atoms with Crippen LogP contribution in [0, 0.1) is 11.6 Å². The molecule has 0 bridgehead atoms. The lowest BCUT2D eigenvalue weighted by Crippen LogP contribution is -2.07. The molecule has 0 atom stereocenters. The Labute approximate surface area is 120 Å². The molecule has 0 radical (unpaired) electrons. The zero-order valence-corrected chi connectivity index (χ0v) is 11.2. The van der Waals surface area contributed by atoms with E-state index in [-0.39, 0.29) is 11.6 Å². The highest BCUT2D eigenvalue weighted by Crippen LogP contribution is 2.19. The molecule has 0 spiro atoms. The largest absolute Gasteiger partial charge is 0.369 e. The van der Waals surface area contributed by atoms with Crippen molar-refractivity contribution in [1.82, 2.24) is 9.97 Å². The second kappa shape index (κ2) is 5.83. The zero-order valence-electron chi connectivity index (χ0n) is 11.2. The second-order valence-electron chi connectivity index (χ2n) is 4.69. The monoisotopic (exact) mass is 285 g/mol. The van der Waals surface area contributed by atoms with Crippen LogP contribution in [0.4, 0.5) is 14.6 Å². The van der Waals surface area contributed by atoms with Crippen LogP contribution < -0.4 is 5.32 Å². The summed E-state index contributed by atoms with van der Waals surface area (Å²) in [6, 6.07) is 10.8. The molecule has 0 saturated heterocycles. The summed E-state index contributed by atoms with van der Waals surface area (Å²) in [6.45, 7) is 0.648. The van der Waals surface area contributed by atoms with Crippen LogP contribution in [0.15, 0.2) is 48.8 Å². The first kappa shape index (κ1) is 13.4. The molecule has 0 amide bonds. The minimum absolute atomic E-state index is 0.240. The van der Waals surface area contributed by atoms with E-state index in [1.807, 2.05) is 0 Å². The number of rotatable bonds is 4. The van der Waals surface area contributed by atoms with Crippen molar-refractivity contribution < 1.29 is 8.78 Å². The third kappa shape index (κ3) is 3.13. The average Bonchev–Trinajstić information content (AvgIpc) is 2.49. The molecule has 3 nitrogen and oxygen atoms in total. The maximum Gasteiger partial charge on any atom is 0.137 e. The van der Waals surface area contributed by atoms with Crippen molar-refractivity contribution in [3.63, 3.8) is 0 Å². The van der Waals surface area contributed by atoms with Crippen LogP contribution in [0.1, 0.15) is 5.56 Å². The number of aromatic nitrogens is 2. The zero-order chi connectivity index (χ0) is 14.7. The van der Waals surface area contributed by atoms with Crippen molar-refractivity contribution in [3.05, 3.63) is 66.0 Å². The van der Waals surface area contributed by atoms with Gasteiger partial charge in [0.15, 0.2) is 0 Å². The molecule has 0 fully saturated rings. The second-order valence-corrected chi connectivity index (χ2v) is 4.69. The molecular formula is C16H13F2N3. The van der Waals surface area contributed by atoms with E-state index in [1.54, 1.807) is 18.2 Å². The number of nitrogens with zero attached hydrogens (tertiary/aromatic N) is 2. The number of halogens is 2. The van der Waals surface area contributed by atoms with E-state index < -0.39 is 0 Å². The van der Waals surface area contributed by atoms with Gasteiger partial charge < -0.3 is 5.32 Å². The van der Waals surface area contributed by atoms with Crippen LogP contribution in [-0.4, -0.2) is 16.5 Å². The van der Waals surface area contributed by atoms with Crippen molar-refractivity contribution in [1.29, 1.82) is 0 Å². The van der Waals surface area contributed by atoms with Gasteiger partial charge in [-0.15, -0.1) is 0 Å². The van der Waals surface area contributed by atoms with Gasteiger partial charge in [0.25, 0.3) is 0 Å². The van der Waals surface area contributed by atoms with Crippen molar-refractivity contribution in [2.75, 3.05) is 11.9 Å². The van der Waals surface area contributed by atoms with Gasteiger partial charge >= 0.3 is 0 Å². The first-order valence-corrected chi connectivity index (χ1v) is 6.61. The van der Waals surface area contributed by atoms with Crippen LogP contribution in [-0.2, 0) is 6.42 Å². The number of nitrogens with one attached hydrogen (secondary N) is 1. The highest BCUT2D eigenvalue weighted by atomic mass is 19.1. The molecular weight excluding hydrogens is 272 g/mol. The fraction of sp³-hybridized carbons (Fsp3) is 0.125.